The summed E-state index contributed by atoms with van der Waals surface area (Å²) >= 11 is 0. The molecule has 0 radical (unpaired) electrons. The third kappa shape index (κ3) is 8.50. The number of aryl methyl sites for hydroxylation is 1. The van der Waals surface area contributed by atoms with Crippen LogP contribution in [0, 0.1) is 0 Å². The van der Waals surface area contributed by atoms with Gasteiger partial charge in [-0.15, -0.1) is 6.58 Å². The van der Waals surface area contributed by atoms with Gasteiger partial charge in [0.2, 0.25) is 0 Å². The van der Waals surface area contributed by atoms with Crippen LogP contribution in [0.4, 0.5) is 0 Å². The van der Waals surface area contributed by atoms with Crippen molar-refractivity contribution >= 4 is 14.4 Å². The lowest BCUT2D eigenvalue weighted by molar-refractivity contribution is 0.279. The number of hydrogen-bond donors (Lipinski definition) is 0. The molecule has 0 saturated carbocycles. The monoisotopic (exact) mass is 377 g/mol. The summed E-state index contributed by atoms with van der Waals surface area (Å²) in [7, 11) is -1.60. The van der Waals surface area contributed by atoms with E-state index in [1.54, 1.807) is 0 Å². The highest BCUT2D eigenvalue weighted by molar-refractivity contribution is 6.74. The molecule has 0 aliphatic carbocycles. The van der Waals surface area contributed by atoms with E-state index < -0.39 is 8.32 Å². The van der Waals surface area contributed by atoms with E-state index in [9.17, 15) is 0 Å². The summed E-state index contributed by atoms with van der Waals surface area (Å²) in [6.07, 6.45) is 8.54. The van der Waals surface area contributed by atoms with Crippen LogP contribution in [-0.2, 0) is 10.8 Å². The molecule has 0 spiro atoms. The van der Waals surface area contributed by atoms with Gasteiger partial charge in [-0.2, -0.15) is 0 Å². The van der Waals surface area contributed by atoms with Crippen molar-refractivity contribution in [3.63, 3.8) is 0 Å². The number of rotatable bonds is 11. The molecule has 0 bridgehead atoms. The van der Waals surface area contributed by atoms with Gasteiger partial charge in [0, 0.05) is 12.7 Å². The first kappa shape index (κ1) is 22.9. The minimum atomic E-state index is -1.60. The summed E-state index contributed by atoms with van der Waals surface area (Å²) in [5, 5.41) is 4.45. The van der Waals surface area contributed by atoms with Crippen LogP contribution in [0.25, 0.3) is 6.08 Å². The van der Waals surface area contributed by atoms with Crippen molar-refractivity contribution in [1.82, 2.24) is 5.16 Å². The molecule has 26 heavy (non-hydrogen) atoms. The van der Waals surface area contributed by atoms with Crippen molar-refractivity contribution in [2.24, 2.45) is 0 Å². The average Bonchev–Trinajstić information content (AvgIpc) is 2.92. The molecule has 0 unspecified atom stereocenters. The largest absolute Gasteiger partial charge is 0.417 e. The second-order valence-electron chi connectivity index (χ2n) is 9.09. The maximum Gasteiger partial charge on any atom is 0.191 e. The molecule has 0 atom stereocenters. The van der Waals surface area contributed by atoms with Crippen LogP contribution in [0.15, 0.2) is 28.3 Å². The number of nitrogens with zero attached hydrogens (tertiary/aromatic N) is 1. The van der Waals surface area contributed by atoms with E-state index >= 15 is 0 Å². The maximum absolute atomic E-state index is 6.24. The van der Waals surface area contributed by atoms with Crippen LogP contribution in [-0.4, -0.2) is 20.1 Å². The maximum atomic E-state index is 6.24. The van der Waals surface area contributed by atoms with Crippen molar-refractivity contribution in [1.29, 1.82) is 0 Å². The number of aromatic nitrogens is 1. The summed E-state index contributed by atoms with van der Waals surface area (Å²) < 4.78 is 11.7. The summed E-state index contributed by atoms with van der Waals surface area (Å²) in [5.74, 6) is 0.866. The Balaban J connectivity index is 2.32. The molecule has 3 nitrogen and oxygen atoms in total. The zero-order valence-corrected chi connectivity index (χ0v) is 19.1. The fourth-order valence-corrected chi connectivity index (χ4v) is 3.54. The Labute approximate surface area is 162 Å². The Morgan fingerprint density at radius 2 is 1.88 bits per heavy atom. The van der Waals surface area contributed by atoms with Gasteiger partial charge in [0.05, 0.1) is 5.69 Å². The highest BCUT2D eigenvalue weighted by Gasteiger charge is 2.36. The van der Waals surface area contributed by atoms with Gasteiger partial charge in [-0.25, -0.2) is 0 Å². The summed E-state index contributed by atoms with van der Waals surface area (Å²) in [6.45, 7) is 20.5. The van der Waals surface area contributed by atoms with Gasteiger partial charge < -0.3 is 8.95 Å². The third-order valence-electron chi connectivity index (χ3n) is 5.24. The molecule has 0 N–H and O–H groups in total. The van der Waals surface area contributed by atoms with Gasteiger partial charge in [0.15, 0.2) is 14.1 Å². The van der Waals surface area contributed by atoms with Crippen LogP contribution >= 0.6 is 0 Å². The van der Waals surface area contributed by atoms with Gasteiger partial charge in [-0.05, 0) is 76.6 Å². The zero-order chi connectivity index (χ0) is 19.8. The average molecular weight is 378 g/mol. The summed E-state index contributed by atoms with van der Waals surface area (Å²) in [6, 6.07) is 2.06. The smallest absolute Gasteiger partial charge is 0.191 e. The molecule has 1 aromatic heterocycles. The summed E-state index contributed by atoms with van der Waals surface area (Å²) in [5.41, 5.74) is 3.59. The minimum absolute atomic E-state index is 0.289. The quantitative estimate of drug-likeness (QED) is 0.233. The molecule has 0 aliphatic rings. The summed E-state index contributed by atoms with van der Waals surface area (Å²) in [4.78, 5) is 0. The predicted octanol–water partition coefficient (Wildman–Crippen LogP) is 7.17. The molecule has 0 saturated heterocycles. The van der Waals surface area contributed by atoms with Gasteiger partial charge in [-0.1, -0.05) is 37.1 Å². The minimum Gasteiger partial charge on any atom is -0.417 e. The lowest BCUT2D eigenvalue weighted by Crippen LogP contribution is -2.40. The molecule has 1 heterocycles. The van der Waals surface area contributed by atoms with Crippen LogP contribution < -0.4 is 0 Å². The lowest BCUT2D eigenvalue weighted by Gasteiger charge is -2.36. The number of hydrogen-bond acceptors (Lipinski definition) is 3. The Kier molecular flexibility index (Phi) is 9.04. The number of unbranched alkanes of at least 4 members (excludes halogenated alkanes) is 1. The molecule has 4 heteroatoms. The Morgan fingerprint density at radius 3 is 2.50 bits per heavy atom. The molecule has 0 amide bonds. The fraction of sp³-hybridized carbons (Fsp3) is 0.682. The third-order valence-corrected chi connectivity index (χ3v) is 9.78. The van der Waals surface area contributed by atoms with Gasteiger partial charge in [0.1, 0.15) is 0 Å². The first-order valence-corrected chi connectivity index (χ1v) is 12.8. The van der Waals surface area contributed by atoms with Crippen molar-refractivity contribution in [2.75, 3.05) is 6.61 Å². The van der Waals surface area contributed by atoms with Gasteiger partial charge in [-0.3, -0.25) is 0 Å². The fourth-order valence-electron chi connectivity index (χ4n) is 2.45. The normalized spacial score (nSPS) is 13.3. The van der Waals surface area contributed by atoms with E-state index in [1.807, 2.05) is 0 Å². The van der Waals surface area contributed by atoms with Crippen molar-refractivity contribution in [2.45, 2.75) is 91.3 Å². The molecule has 1 aromatic rings. The second kappa shape index (κ2) is 10.3. The Morgan fingerprint density at radius 1 is 1.19 bits per heavy atom. The molecule has 1 rings (SSSR count). The van der Waals surface area contributed by atoms with E-state index in [1.165, 1.54) is 11.1 Å². The van der Waals surface area contributed by atoms with E-state index in [2.05, 4.69) is 71.6 Å². The van der Waals surface area contributed by atoms with E-state index in [0.29, 0.717) is 0 Å². The molecular weight excluding hydrogens is 338 g/mol. The first-order chi connectivity index (χ1) is 12.0. The number of allylic oxidation sites excluding steroid dienone is 2. The van der Waals surface area contributed by atoms with E-state index in [-0.39, 0.29) is 5.04 Å². The second-order valence-corrected chi connectivity index (χ2v) is 13.9. The Bertz CT molecular complexity index is 594. The van der Waals surface area contributed by atoms with Crippen LogP contribution in [0.3, 0.4) is 0 Å². The van der Waals surface area contributed by atoms with Crippen molar-refractivity contribution in [3.8, 4) is 0 Å². The zero-order valence-electron chi connectivity index (χ0n) is 18.1. The molecule has 0 fully saturated rings. The van der Waals surface area contributed by atoms with Crippen LogP contribution in [0.2, 0.25) is 18.1 Å². The van der Waals surface area contributed by atoms with Crippen molar-refractivity contribution < 1.29 is 8.95 Å². The van der Waals surface area contributed by atoms with Crippen LogP contribution in [0.1, 0.15) is 78.2 Å². The highest BCUT2D eigenvalue weighted by Crippen LogP contribution is 2.36. The molecule has 0 aromatic carbocycles. The first-order valence-electron chi connectivity index (χ1n) is 9.92. The van der Waals surface area contributed by atoms with Gasteiger partial charge in [0.25, 0.3) is 0 Å². The molecular formula is C22H39NO2Si. The highest BCUT2D eigenvalue weighted by atomic mass is 28.4. The van der Waals surface area contributed by atoms with Crippen molar-refractivity contribution in [3.05, 3.63) is 35.2 Å². The predicted molar refractivity (Wildman–Crippen MR) is 115 cm³/mol. The topological polar surface area (TPSA) is 35.3 Å². The SMILES string of the molecule is C=C(C)CCCc1cc(/C=C(/C)CCCCO[Si](C)(C)C(C)(C)C)on1. The Hall–Kier alpha value is -1.13. The van der Waals surface area contributed by atoms with Gasteiger partial charge >= 0.3 is 0 Å². The van der Waals surface area contributed by atoms with E-state index in [0.717, 1.165) is 56.6 Å². The van der Waals surface area contributed by atoms with E-state index in [4.69, 9.17) is 8.95 Å². The standard InChI is InChI=1S/C22H39NO2Si/c1-18(2)12-11-14-20-17-21(25-23-20)16-19(3)13-9-10-15-24-26(7,8)22(4,5)6/h16-17H,1,9-15H2,2-8H3/b19-16-. The van der Waals surface area contributed by atoms with Crippen LogP contribution in [0.5, 0.6) is 0 Å². The molecule has 0 aliphatic heterocycles. The lowest BCUT2D eigenvalue weighted by atomic mass is 10.1. The molecule has 148 valence electrons.